The van der Waals surface area contributed by atoms with Crippen molar-refractivity contribution in [3.63, 3.8) is 0 Å². The van der Waals surface area contributed by atoms with E-state index in [1.807, 2.05) is 47.2 Å². The van der Waals surface area contributed by atoms with E-state index in [-0.39, 0.29) is 11.3 Å². The summed E-state index contributed by atoms with van der Waals surface area (Å²) < 4.78 is 7.20. The van der Waals surface area contributed by atoms with Crippen molar-refractivity contribution in [2.45, 2.75) is 13.5 Å². The third-order valence-corrected chi connectivity index (χ3v) is 4.14. The normalized spacial score (nSPS) is 11.7. The quantitative estimate of drug-likeness (QED) is 0.693. The number of carbonyl (C=O) groups is 1. The number of hydrogen-bond acceptors (Lipinski definition) is 3. The fourth-order valence-corrected chi connectivity index (χ4v) is 2.86. The van der Waals surface area contributed by atoms with E-state index in [1.54, 1.807) is 12.1 Å². The largest absolute Gasteiger partial charge is 0.503 e. The summed E-state index contributed by atoms with van der Waals surface area (Å²) >= 11 is 0. The second-order valence-electron chi connectivity index (χ2n) is 5.84. The molecule has 0 atom stereocenters. The van der Waals surface area contributed by atoms with Crippen molar-refractivity contribution in [1.82, 2.24) is 4.57 Å². The molecule has 128 valence electrons. The van der Waals surface area contributed by atoms with Crippen molar-refractivity contribution in [3.05, 3.63) is 65.4 Å². The van der Waals surface area contributed by atoms with E-state index in [4.69, 9.17) is 9.84 Å². The van der Waals surface area contributed by atoms with Crippen LogP contribution in [0.15, 0.2) is 54.2 Å². The van der Waals surface area contributed by atoms with Gasteiger partial charge in [0.2, 0.25) is 0 Å². The number of aliphatic carboxylic acids is 1. The van der Waals surface area contributed by atoms with Gasteiger partial charge in [0.25, 0.3) is 0 Å². The first kappa shape index (κ1) is 16.6. The molecule has 2 aromatic carbocycles. The van der Waals surface area contributed by atoms with Crippen molar-refractivity contribution in [2.75, 3.05) is 7.11 Å². The van der Waals surface area contributed by atoms with Crippen LogP contribution in [0.4, 0.5) is 0 Å². The highest BCUT2D eigenvalue weighted by molar-refractivity contribution is 5.99. The molecule has 5 nitrogen and oxygen atoms in total. The van der Waals surface area contributed by atoms with E-state index < -0.39 is 5.97 Å². The first-order valence-electron chi connectivity index (χ1n) is 7.85. The number of nitrogens with zero attached hydrogens (tertiary/aromatic N) is 1. The van der Waals surface area contributed by atoms with Crippen LogP contribution in [0.1, 0.15) is 18.1 Å². The second kappa shape index (κ2) is 6.73. The zero-order valence-corrected chi connectivity index (χ0v) is 14.1. The van der Waals surface area contributed by atoms with Gasteiger partial charge in [-0.05, 0) is 36.3 Å². The Balaban J connectivity index is 2.19. The molecule has 0 saturated heterocycles. The number of carboxylic acids is 1. The summed E-state index contributed by atoms with van der Waals surface area (Å²) in [5.74, 6) is -0.627. The predicted molar refractivity (Wildman–Crippen MR) is 97.0 cm³/mol. The second-order valence-corrected chi connectivity index (χ2v) is 5.84. The maximum Gasteiger partial charge on any atom is 0.331 e. The van der Waals surface area contributed by atoms with Crippen LogP contribution >= 0.6 is 0 Å². The monoisotopic (exact) mass is 337 g/mol. The standard InChI is InChI=1S/C20H19NO4/c1-13(20(23)24)10-15-11-17(25-2)19(22)18-16(15)8-9-21(18)12-14-6-4-3-5-7-14/h3-11,22H,12H2,1-2H3,(H,23,24)/b13-10+. The lowest BCUT2D eigenvalue weighted by Crippen LogP contribution is -1.99. The maximum absolute atomic E-state index is 11.2. The molecule has 3 aromatic rings. The van der Waals surface area contributed by atoms with Crippen molar-refractivity contribution >= 4 is 22.9 Å². The highest BCUT2D eigenvalue weighted by Gasteiger charge is 2.16. The molecule has 0 saturated carbocycles. The number of hydrogen-bond donors (Lipinski definition) is 2. The molecule has 0 aliphatic heterocycles. The zero-order chi connectivity index (χ0) is 18.0. The minimum Gasteiger partial charge on any atom is -0.503 e. The molecule has 0 spiro atoms. The molecule has 0 radical (unpaired) electrons. The summed E-state index contributed by atoms with van der Waals surface area (Å²) in [6, 6.07) is 13.4. The van der Waals surface area contributed by atoms with E-state index in [2.05, 4.69) is 0 Å². The predicted octanol–water partition coefficient (Wildman–Crippen LogP) is 3.89. The smallest absolute Gasteiger partial charge is 0.331 e. The van der Waals surface area contributed by atoms with Gasteiger partial charge in [0.05, 0.1) is 12.6 Å². The first-order valence-corrected chi connectivity index (χ1v) is 7.85. The molecular formula is C20H19NO4. The molecule has 1 heterocycles. The number of aromatic hydroxyl groups is 1. The van der Waals surface area contributed by atoms with Crippen molar-refractivity contribution < 1.29 is 19.7 Å². The third-order valence-electron chi connectivity index (χ3n) is 4.14. The zero-order valence-electron chi connectivity index (χ0n) is 14.1. The van der Waals surface area contributed by atoms with Crippen LogP contribution < -0.4 is 4.74 Å². The third kappa shape index (κ3) is 3.21. The van der Waals surface area contributed by atoms with Gasteiger partial charge in [-0.3, -0.25) is 0 Å². The summed E-state index contributed by atoms with van der Waals surface area (Å²) in [5.41, 5.74) is 2.62. The molecule has 0 unspecified atom stereocenters. The molecule has 1 aromatic heterocycles. The summed E-state index contributed by atoms with van der Waals surface area (Å²) in [7, 11) is 1.48. The lowest BCUT2D eigenvalue weighted by molar-refractivity contribution is -0.132. The number of phenols is 1. The molecule has 3 rings (SSSR count). The Morgan fingerprint density at radius 1 is 1.24 bits per heavy atom. The van der Waals surface area contributed by atoms with Gasteiger partial charge in [0.15, 0.2) is 11.5 Å². The van der Waals surface area contributed by atoms with Crippen LogP contribution in [0, 0.1) is 0 Å². The number of benzene rings is 2. The van der Waals surface area contributed by atoms with Crippen LogP contribution in [-0.4, -0.2) is 27.9 Å². The van der Waals surface area contributed by atoms with Gasteiger partial charge in [-0.2, -0.15) is 0 Å². The van der Waals surface area contributed by atoms with Crippen LogP contribution in [0.2, 0.25) is 0 Å². The highest BCUT2D eigenvalue weighted by atomic mass is 16.5. The van der Waals surface area contributed by atoms with Gasteiger partial charge in [0, 0.05) is 23.7 Å². The Hall–Kier alpha value is -3.21. The lowest BCUT2D eigenvalue weighted by atomic mass is 10.1. The minimum absolute atomic E-state index is 0.0450. The van der Waals surface area contributed by atoms with Gasteiger partial charge in [-0.15, -0.1) is 0 Å². The average Bonchev–Trinajstić information content (AvgIpc) is 3.02. The van der Waals surface area contributed by atoms with Crippen LogP contribution in [0.5, 0.6) is 11.5 Å². The van der Waals surface area contributed by atoms with Crippen molar-refractivity contribution in [2.24, 2.45) is 0 Å². The highest BCUT2D eigenvalue weighted by Crippen LogP contribution is 2.38. The topological polar surface area (TPSA) is 71.7 Å². The molecule has 2 N–H and O–H groups in total. The molecule has 0 aliphatic carbocycles. The van der Waals surface area contributed by atoms with Crippen LogP contribution in [-0.2, 0) is 11.3 Å². The number of carboxylic acid groups (broad SMARTS) is 1. The fraction of sp³-hybridized carbons (Fsp3) is 0.150. The number of methoxy groups -OCH3 is 1. The number of phenolic OH excluding ortho intramolecular Hbond substituents is 1. The SMILES string of the molecule is COc1cc(/C=C(\C)C(=O)O)c2ccn(Cc3ccccc3)c2c1O. The Labute approximate surface area is 145 Å². The lowest BCUT2D eigenvalue weighted by Gasteiger charge is -2.12. The Bertz CT molecular complexity index is 955. The van der Waals surface area contributed by atoms with E-state index in [9.17, 15) is 9.90 Å². The number of ether oxygens (including phenoxy) is 1. The Morgan fingerprint density at radius 2 is 1.96 bits per heavy atom. The molecule has 25 heavy (non-hydrogen) atoms. The maximum atomic E-state index is 11.2. The van der Waals surface area contributed by atoms with E-state index >= 15 is 0 Å². The minimum atomic E-state index is -0.982. The Morgan fingerprint density at radius 3 is 2.60 bits per heavy atom. The van der Waals surface area contributed by atoms with Crippen LogP contribution in [0.25, 0.3) is 17.0 Å². The number of fused-ring (bicyclic) bond motifs is 1. The number of aromatic nitrogens is 1. The van der Waals surface area contributed by atoms with E-state index in [0.717, 1.165) is 10.9 Å². The summed E-state index contributed by atoms with van der Waals surface area (Å²) in [6.45, 7) is 2.13. The molecular weight excluding hydrogens is 318 g/mol. The summed E-state index contributed by atoms with van der Waals surface area (Å²) in [5, 5.41) is 20.5. The van der Waals surface area contributed by atoms with Crippen molar-refractivity contribution in [1.29, 1.82) is 0 Å². The molecule has 0 aliphatic rings. The first-order chi connectivity index (χ1) is 12.0. The van der Waals surface area contributed by atoms with Gasteiger partial charge in [-0.25, -0.2) is 4.79 Å². The summed E-state index contributed by atoms with van der Waals surface area (Å²) in [4.78, 5) is 11.2. The van der Waals surface area contributed by atoms with E-state index in [1.165, 1.54) is 14.0 Å². The van der Waals surface area contributed by atoms with Crippen LogP contribution in [0.3, 0.4) is 0 Å². The van der Waals surface area contributed by atoms with E-state index in [0.29, 0.717) is 23.4 Å². The molecule has 5 heteroatoms. The average molecular weight is 337 g/mol. The number of rotatable bonds is 5. The van der Waals surface area contributed by atoms with Crippen molar-refractivity contribution in [3.8, 4) is 11.5 Å². The van der Waals surface area contributed by atoms with Gasteiger partial charge in [0.1, 0.15) is 0 Å². The Kier molecular flexibility index (Phi) is 4.48. The van der Waals surface area contributed by atoms with Gasteiger partial charge < -0.3 is 19.5 Å². The molecule has 0 bridgehead atoms. The van der Waals surface area contributed by atoms with Gasteiger partial charge >= 0.3 is 5.97 Å². The molecule has 0 amide bonds. The molecule has 0 fully saturated rings. The summed E-state index contributed by atoms with van der Waals surface area (Å²) in [6.07, 6.45) is 3.46. The fourth-order valence-electron chi connectivity index (χ4n) is 2.86. The van der Waals surface area contributed by atoms with Gasteiger partial charge in [-0.1, -0.05) is 30.3 Å².